The average Bonchev–Trinajstić information content (AvgIpc) is 2.43. The molecular weight excluding hydrogens is 170 g/mol. The van der Waals surface area contributed by atoms with Crippen LogP contribution in [0, 0.1) is 5.82 Å². The third kappa shape index (κ3) is 0.574. The average molecular weight is 173 g/mol. The minimum absolute atomic E-state index is 0.0943. The molecule has 1 aliphatic rings. The molecule has 40 valence electrons. The molecule has 1 heterocycles. The van der Waals surface area contributed by atoms with E-state index in [2.05, 4.69) is 0 Å². The van der Waals surface area contributed by atoms with Crippen molar-refractivity contribution in [1.82, 2.24) is 0 Å². The van der Waals surface area contributed by atoms with E-state index in [1.165, 1.54) is 15.0 Å². The van der Waals surface area contributed by atoms with Crippen molar-refractivity contribution >= 4 is 23.9 Å². The summed E-state index contributed by atoms with van der Waals surface area (Å²) in [5.41, 5.74) is 0. The van der Waals surface area contributed by atoms with Crippen LogP contribution in [0.3, 0.4) is 0 Å². The van der Waals surface area contributed by atoms with E-state index in [1.54, 1.807) is 6.07 Å². The second kappa shape index (κ2) is 1.34. The van der Waals surface area contributed by atoms with Crippen LogP contribution in [0.25, 0.3) is 0 Å². The zero-order valence-corrected chi connectivity index (χ0v) is 5.73. The maximum absolute atomic E-state index is 12.2. The Balaban J connectivity index is 2.64. The van der Waals surface area contributed by atoms with Crippen molar-refractivity contribution < 1.29 is 4.39 Å². The summed E-state index contributed by atoms with van der Waals surface area (Å²) in [6, 6.07) is 5.01. The maximum atomic E-state index is 12.2. The van der Waals surface area contributed by atoms with Gasteiger partial charge in [0.1, 0.15) is 0 Å². The Bertz CT molecular complexity index is 231. The van der Waals surface area contributed by atoms with E-state index in [4.69, 9.17) is 0 Å². The van der Waals surface area contributed by atoms with Crippen LogP contribution in [0.2, 0.25) is 0 Å². The quantitative estimate of drug-likeness (QED) is 0.484. The van der Waals surface area contributed by atoms with E-state index in [0.29, 0.717) is 15.0 Å². The first kappa shape index (κ1) is 4.54. The van der Waals surface area contributed by atoms with Crippen LogP contribution in [0.1, 0.15) is 0 Å². The fourth-order valence-corrected chi connectivity index (χ4v) is 1.94. The van der Waals surface area contributed by atoms with Gasteiger partial charge in [-0.15, -0.1) is 0 Å². The summed E-state index contributed by atoms with van der Waals surface area (Å²) in [4.78, 5) is 0. The normalized spacial score (nSPS) is 13.1. The van der Waals surface area contributed by atoms with Crippen LogP contribution in [0.4, 0.5) is 4.39 Å². The molecule has 0 saturated heterocycles. The third-order valence-electron chi connectivity index (χ3n) is 1.08. The first-order chi connectivity index (χ1) is 3.86. The predicted octanol–water partition coefficient (Wildman–Crippen LogP) is -0.206. The van der Waals surface area contributed by atoms with Gasteiger partial charge in [-0.2, -0.15) is 0 Å². The van der Waals surface area contributed by atoms with Gasteiger partial charge in [0.15, 0.2) is 0 Å². The number of hydrogen-bond acceptors (Lipinski definition) is 0. The molecular formula is C6H3FSe. The van der Waals surface area contributed by atoms with Crippen LogP contribution in [-0.2, 0) is 0 Å². The molecule has 0 N–H and O–H groups in total. The monoisotopic (exact) mass is 174 g/mol. The Labute approximate surface area is 52.9 Å². The first-order valence-corrected chi connectivity index (χ1v) is 4.05. The molecule has 0 aliphatic carbocycles. The molecule has 0 radical (unpaired) electrons. The standard InChI is InChI=1S/C6H3FSe/c7-4-1-2-5-6(3-4)8-5/h1-3H. The van der Waals surface area contributed by atoms with Gasteiger partial charge in [0.25, 0.3) is 0 Å². The number of halogens is 1. The molecule has 0 atom stereocenters. The van der Waals surface area contributed by atoms with Crippen molar-refractivity contribution in [2.24, 2.45) is 0 Å². The molecule has 0 saturated carbocycles. The van der Waals surface area contributed by atoms with Gasteiger partial charge in [0, 0.05) is 0 Å². The summed E-state index contributed by atoms with van der Waals surface area (Å²) in [5.74, 6) is -0.0943. The Morgan fingerprint density at radius 1 is 1.25 bits per heavy atom. The Kier molecular flexibility index (Phi) is 0.758. The van der Waals surface area contributed by atoms with E-state index in [0.717, 1.165) is 0 Å². The van der Waals surface area contributed by atoms with Gasteiger partial charge in [-0.1, -0.05) is 0 Å². The molecule has 1 aliphatic heterocycles. The van der Waals surface area contributed by atoms with Gasteiger partial charge in [0.05, 0.1) is 0 Å². The van der Waals surface area contributed by atoms with Crippen molar-refractivity contribution in [2.75, 3.05) is 0 Å². The SMILES string of the molecule is Fc1ccc2c(c1)[Se]2. The fraction of sp³-hybridized carbons (Fsp3) is 0. The second-order valence-electron chi connectivity index (χ2n) is 1.69. The first-order valence-electron chi connectivity index (χ1n) is 2.34. The van der Waals surface area contributed by atoms with E-state index in [1.807, 2.05) is 6.07 Å². The van der Waals surface area contributed by atoms with E-state index in [9.17, 15) is 4.39 Å². The molecule has 2 heteroatoms. The number of hydrogen-bond donors (Lipinski definition) is 0. The van der Waals surface area contributed by atoms with Gasteiger partial charge < -0.3 is 0 Å². The summed E-state index contributed by atoms with van der Waals surface area (Å²) in [5, 5.41) is 0. The topological polar surface area (TPSA) is 0 Å². The molecule has 0 amide bonds. The van der Waals surface area contributed by atoms with Crippen LogP contribution < -0.4 is 8.92 Å². The molecule has 0 aromatic heterocycles. The zero-order valence-electron chi connectivity index (χ0n) is 4.02. The molecule has 0 nitrogen and oxygen atoms in total. The zero-order chi connectivity index (χ0) is 5.56. The molecule has 1 aromatic carbocycles. The number of fused-ring (bicyclic) bond motifs is 1. The van der Waals surface area contributed by atoms with Crippen LogP contribution in [0.5, 0.6) is 0 Å². The summed E-state index contributed by atoms with van der Waals surface area (Å²) in [6.45, 7) is 0. The fourth-order valence-electron chi connectivity index (χ4n) is 0.638. The summed E-state index contributed by atoms with van der Waals surface area (Å²) >= 11 is 0.532. The van der Waals surface area contributed by atoms with Gasteiger partial charge in [-0.05, 0) is 0 Å². The third-order valence-corrected chi connectivity index (χ3v) is 3.03. The summed E-state index contributed by atoms with van der Waals surface area (Å²) < 4.78 is 14.8. The molecule has 0 fully saturated rings. The van der Waals surface area contributed by atoms with Crippen LogP contribution in [-0.4, -0.2) is 15.0 Å². The van der Waals surface area contributed by atoms with E-state index >= 15 is 0 Å². The van der Waals surface area contributed by atoms with Crippen molar-refractivity contribution in [2.45, 2.75) is 0 Å². The molecule has 2 rings (SSSR count). The summed E-state index contributed by atoms with van der Waals surface area (Å²) in [7, 11) is 0. The molecule has 1 aromatic rings. The molecule has 0 bridgehead atoms. The van der Waals surface area contributed by atoms with Gasteiger partial charge in [-0.3, -0.25) is 0 Å². The van der Waals surface area contributed by atoms with Gasteiger partial charge in [0.2, 0.25) is 0 Å². The van der Waals surface area contributed by atoms with Crippen LogP contribution in [0.15, 0.2) is 18.2 Å². The Hall–Kier alpha value is -0.331. The van der Waals surface area contributed by atoms with Gasteiger partial charge in [-0.25, -0.2) is 0 Å². The van der Waals surface area contributed by atoms with Crippen molar-refractivity contribution in [3.63, 3.8) is 0 Å². The predicted molar refractivity (Wildman–Crippen MR) is 31.4 cm³/mol. The molecule has 0 unspecified atom stereocenters. The Morgan fingerprint density at radius 2 is 2.12 bits per heavy atom. The van der Waals surface area contributed by atoms with E-state index < -0.39 is 0 Å². The minimum atomic E-state index is -0.0943. The number of benzene rings is 1. The molecule has 8 heavy (non-hydrogen) atoms. The number of rotatable bonds is 0. The molecule has 0 spiro atoms. The van der Waals surface area contributed by atoms with Gasteiger partial charge >= 0.3 is 52.3 Å². The van der Waals surface area contributed by atoms with E-state index in [-0.39, 0.29) is 5.82 Å². The Morgan fingerprint density at radius 3 is 2.75 bits per heavy atom. The van der Waals surface area contributed by atoms with Crippen molar-refractivity contribution in [3.05, 3.63) is 24.0 Å². The van der Waals surface area contributed by atoms with Crippen LogP contribution >= 0.6 is 0 Å². The van der Waals surface area contributed by atoms with Crippen molar-refractivity contribution in [3.8, 4) is 0 Å². The summed E-state index contributed by atoms with van der Waals surface area (Å²) in [6.07, 6.45) is 0. The van der Waals surface area contributed by atoms with Crippen molar-refractivity contribution in [1.29, 1.82) is 0 Å². The second-order valence-corrected chi connectivity index (χ2v) is 3.97.